The molecular weight excluding hydrogens is 221 g/mol. The van der Waals surface area contributed by atoms with Crippen molar-refractivity contribution in [2.45, 2.75) is 0 Å². The molecule has 2 aromatic rings. The average molecular weight is 231 g/mol. The predicted molar refractivity (Wildman–Crippen MR) is 61.0 cm³/mol. The fourth-order valence-electron chi connectivity index (χ4n) is 1.51. The molecule has 0 aliphatic carbocycles. The molecule has 2 rings (SSSR count). The minimum Gasteiger partial charge on any atom is -0.465 e. The lowest BCUT2D eigenvalue weighted by Gasteiger charge is -2.04. The Bertz CT molecular complexity index is 555. The molecule has 0 unspecified atom stereocenters. The first-order valence-electron chi connectivity index (χ1n) is 5.01. The van der Waals surface area contributed by atoms with Crippen molar-refractivity contribution in [3.63, 3.8) is 0 Å². The van der Waals surface area contributed by atoms with E-state index in [1.807, 2.05) is 0 Å². The Morgan fingerprint density at radius 2 is 2.12 bits per heavy atom. The molecule has 0 saturated heterocycles. The van der Waals surface area contributed by atoms with Gasteiger partial charge in [-0.3, -0.25) is 4.98 Å². The van der Waals surface area contributed by atoms with Crippen LogP contribution in [0.25, 0.3) is 11.3 Å². The fourth-order valence-corrected chi connectivity index (χ4v) is 1.51. The summed E-state index contributed by atoms with van der Waals surface area (Å²) >= 11 is 0. The summed E-state index contributed by atoms with van der Waals surface area (Å²) in [7, 11) is 1.30. The molecule has 0 fully saturated rings. The molecule has 0 radical (unpaired) electrons. The van der Waals surface area contributed by atoms with Crippen LogP contribution in [0, 0.1) is 5.82 Å². The number of carbonyl (C=O) groups excluding carboxylic acids is 1. The number of nitrogens with zero attached hydrogens (tertiary/aromatic N) is 1. The minimum atomic E-state index is -0.455. The Hall–Kier alpha value is -2.23. The zero-order valence-corrected chi connectivity index (χ0v) is 9.18. The Kier molecular flexibility index (Phi) is 3.14. The molecule has 1 heterocycles. The van der Waals surface area contributed by atoms with Crippen LogP contribution >= 0.6 is 0 Å². The summed E-state index contributed by atoms with van der Waals surface area (Å²) in [6.45, 7) is 0. The fraction of sp³-hybridized carbons (Fsp3) is 0.0769. The van der Waals surface area contributed by atoms with Gasteiger partial charge in [0.15, 0.2) is 0 Å². The summed E-state index contributed by atoms with van der Waals surface area (Å²) < 4.78 is 18.1. The molecule has 0 saturated carbocycles. The summed E-state index contributed by atoms with van der Waals surface area (Å²) in [5.41, 5.74) is 1.14. The van der Waals surface area contributed by atoms with Gasteiger partial charge in [-0.25, -0.2) is 9.18 Å². The molecule has 3 nitrogen and oxygen atoms in total. The SMILES string of the molecule is COC(=O)c1cccc(-c2ncccc2F)c1. The molecule has 0 amide bonds. The second-order valence-corrected chi connectivity index (χ2v) is 3.41. The van der Waals surface area contributed by atoms with Crippen LogP contribution in [0.1, 0.15) is 10.4 Å². The minimum absolute atomic E-state index is 0.221. The number of aromatic nitrogens is 1. The number of hydrogen-bond acceptors (Lipinski definition) is 3. The van der Waals surface area contributed by atoms with Crippen LogP contribution in [0.3, 0.4) is 0 Å². The Morgan fingerprint density at radius 1 is 1.29 bits per heavy atom. The highest BCUT2D eigenvalue weighted by atomic mass is 19.1. The van der Waals surface area contributed by atoms with E-state index < -0.39 is 11.8 Å². The van der Waals surface area contributed by atoms with Gasteiger partial charge in [-0.2, -0.15) is 0 Å². The Morgan fingerprint density at radius 3 is 2.82 bits per heavy atom. The quantitative estimate of drug-likeness (QED) is 0.746. The number of benzene rings is 1. The zero-order valence-electron chi connectivity index (χ0n) is 9.18. The Labute approximate surface area is 97.9 Å². The van der Waals surface area contributed by atoms with Crippen LogP contribution in [-0.2, 0) is 4.74 Å². The molecule has 0 bridgehead atoms. The molecule has 86 valence electrons. The lowest BCUT2D eigenvalue weighted by atomic mass is 10.1. The van der Waals surface area contributed by atoms with Crippen molar-refractivity contribution >= 4 is 5.97 Å². The van der Waals surface area contributed by atoms with Crippen molar-refractivity contribution in [3.8, 4) is 11.3 Å². The second-order valence-electron chi connectivity index (χ2n) is 3.41. The maximum atomic E-state index is 13.5. The van der Waals surface area contributed by atoms with Crippen LogP contribution in [0.15, 0.2) is 42.6 Å². The van der Waals surface area contributed by atoms with Gasteiger partial charge in [0.1, 0.15) is 11.5 Å². The van der Waals surface area contributed by atoms with E-state index in [1.165, 1.54) is 25.4 Å². The normalized spacial score (nSPS) is 10.0. The summed E-state index contributed by atoms with van der Waals surface area (Å²) in [5.74, 6) is -0.877. The van der Waals surface area contributed by atoms with E-state index in [0.29, 0.717) is 11.1 Å². The third kappa shape index (κ3) is 2.30. The number of pyridine rings is 1. The van der Waals surface area contributed by atoms with Crippen molar-refractivity contribution < 1.29 is 13.9 Å². The molecule has 0 atom stereocenters. The van der Waals surface area contributed by atoms with Crippen molar-refractivity contribution in [2.24, 2.45) is 0 Å². The lowest BCUT2D eigenvalue weighted by molar-refractivity contribution is 0.0601. The highest BCUT2D eigenvalue weighted by Crippen LogP contribution is 2.21. The van der Waals surface area contributed by atoms with Crippen molar-refractivity contribution in [3.05, 3.63) is 54.0 Å². The van der Waals surface area contributed by atoms with Gasteiger partial charge in [-0.15, -0.1) is 0 Å². The molecular formula is C13H10FNO2. The van der Waals surface area contributed by atoms with E-state index in [1.54, 1.807) is 24.3 Å². The van der Waals surface area contributed by atoms with E-state index in [0.717, 1.165) is 0 Å². The van der Waals surface area contributed by atoms with Crippen LogP contribution in [0.2, 0.25) is 0 Å². The van der Waals surface area contributed by atoms with Gasteiger partial charge in [0.25, 0.3) is 0 Å². The predicted octanol–water partition coefficient (Wildman–Crippen LogP) is 2.67. The van der Waals surface area contributed by atoms with Gasteiger partial charge in [0, 0.05) is 11.8 Å². The lowest BCUT2D eigenvalue weighted by Crippen LogP contribution is -2.01. The molecule has 1 aromatic carbocycles. The molecule has 17 heavy (non-hydrogen) atoms. The monoisotopic (exact) mass is 231 g/mol. The molecule has 0 N–H and O–H groups in total. The Balaban J connectivity index is 2.47. The number of ether oxygens (including phenoxy) is 1. The summed E-state index contributed by atoms with van der Waals surface area (Å²) in [4.78, 5) is 15.3. The first kappa shape index (κ1) is 11.3. The van der Waals surface area contributed by atoms with Gasteiger partial charge in [0.2, 0.25) is 0 Å². The first-order chi connectivity index (χ1) is 8.22. The van der Waals surface area contributed by atoms with E-state index in [4.69, 9.17) is 0 Å². The van der Waals surface area contributed by atoms with Gasteiger partial charge in [-0.05, 0) is 24.3 Å². The van der Waals surface area contributed by atoms with E-state index in [9.17, 15) is 9.18 Å². The smallest absolute Gasteiger partial charge is 0.337 e. The zero-order chi connectivity index (χ0) is 12.3. The number of esters is 1. The van der Waals surface area contributed by atoms with Crippen LogP contribution in [0.4, 0.5) is 4.39 Å². The number of rotatable bonds is 2. The van der Waals surface area contributed by atoms with E-state index in [2.05, 4.69) is 9.72 Å². The molecule has 0 spiro atoms. The highest BCUT2D eigenvalue weighted by molar-refractivity contribution is 5.90. The first-order valence-corrected chi connectivity index (χ1v) is 5.01. The summed E-state index contributed by atoms with van der Waals surface area (Å²) in [6, 6.07) is 9.36. The van der Waals surface area contributed by atoms with Crippen molar-refractivity contribution in [2.75, 3.05) is 7.11 Å². The standard InChI is InChI=1S/C13H10FNO2/c1-17-13(16)10-5-2-4-9(8-10)12-11(14)6-3-7-15-12/h2-8H,1H3. The third-order valence-electron chi connectivity index (χ3n) is 2.32. The van der Waals surface area contributed by atoms with Crippen molar-refractivity contribution in [1.82, 2.24) is 4.98 Å². The number of hydrogen-bond donors (Lipinski definition) is 0. The van der Waals surface area contributed by atoms with E-state index >= 15 is 0 Å². The van der Waals surface area contributed by atoms with Crippen LogP contribution in [-0.4, -0.2) is 18.1 Å². The van der Waals surface area contributed by atoms with Gasteiger partial charge >= 0.3 is 5.97 Å². The van der Waals surface area contributed by atoms with Gasteiger partial charge < -0.3 is 4.74 Å². The average Bonchev–Trinajstić information content (AvgIpc) is 2.38. The van der Waals surface area contributed by atoms with Crippen LogP contribution < -0.4 is 0 Å². The number of halogens is 1. The van der Waals surface area contributed by atoms with Crippen LogP contribution in [0.5, 0.6) is 0 Å². The summed E-state index contributed by atoms with van der Waals surface area (Å²) in [5, 5.41) is 0. The molecule has 0 aliphatic rings. The largest absolute Gasteiger partial charge is 0.465 e. The molecule has 4 heteroatoms. The summed E-state index contributed by atoms with van der Waals surface area (Å²) in [6.07, 6.45) is 1.50. The highest BCUT2D eigenvalue weighted by Gasteiger charge is 2.09. The van der Waals surface area contributed by atoms with Gasteiger partial charge in [0.05, 0.1) is 12.7 Å². The van der Waals surface area contributed by atoms with E-state index in [-0.39, 0.29) is 5.69 Å². The maximum absolute atomic E-state index is 13.5. The van der Waals surface area contributed by atoms with Crippen molar-refractivity contribution in [1.29, 1.82) is 0 Å². The number of methoxy groups -OCH3 is 1. The topological polar surface area (TPSA) is 39.2 Å². The molecule has 1 aromatic heterocycles. The second kappa shape index (κ2) is 4.74. The van der Waals surface area contributed by atoms with Gasteiger partial charge in [-0.1, -0.05) is 12.1 Å². The molecule has 0 aliphatic heterocycles. The maximum Gasteiger partial charge on any atom is 0.337 e. The number of carbonyl (C=O) groups is 1. The third-order valence-corrected chi connectivity index (χ3v) is 2.32.